The van der Waals surface area contributed by atoms with Gasteiger partial charge in [-0.1, -0.05) is 30.4 Å². The molecule has 0 aromatic heterocycles. The molecule has 1 aliphatic rings. The molecule has 0 aliphatic heterocycles. The van der Waals surface area contributed by atoms with E-state index in [2.05, 4.69) is 6.58 Å². The second-order valence-corrected chi connectivity index (χ2v) is 7.63. The van der Waals surface area contributed by atoms with Crippen LogP contribution in [0.5, 0.6) is 0 Å². The van der Waals surface area contributed by atoms with E-state index in [1.807, 2.05) is 0 Å². The number of carboxylic acid groups (broad SMARTS) is 1. The van der Waals surface area contributed by atoms with Gasteiger partial charge in [-0.2, -0.15) is 0 Å². The van der Waals surface area contributed by atoms with Gasteiger partial charge in [-0.25, -0.2) is 8.42 Å². The predicted octanol–water partition coefficient (Wildman–Crippen LogP) is 2.19. The standard InChI is InChI=1S/C13H14Cl2O5S/c1-2-8-21(19,20)10(12(17)18)5-7-13(15)6-3-4-9(16)11(13)14/h2-7,10-11,16H,1,8H2,(H,17,18). The largest absolute Gasteiger partial charge is 0.511 e. The third kappa shape index (κ3) is 4.12. The Labute approximate surface area is 132 Å². The molecule has 1 rings (SSSR count). The SMILES string of the molecule is C=CCS(=O)(=O)C(C=CC1(Cl)C=CC=C(O)C1Cl)C(=O)O. The van der Waals surface area contributed by atoms with Crippen LogP contribution in [0.15, 0.2) is 48.8 Å². The molecule has 0 aromatic rings. The average molecular weight is 353 g/mol. The van der Waals surface area contributed by atoms with Crippen molar-refractivity contribution >= 4 is 39.0 Å². The average Bonchev–Trinajstić information content (AvgIpc) is 2.35. The normalized spacial score (nSPS) is 27.3. The van der Waals surface area contributed by atoms with Crippen molar-refractivity contribution in [1.29, 1.82) is 0 Å². The summed E-state index contributed by atoms with van der Waals surface area (Å²) in [5.41, 5.74) is 0. The molecule has 3 unspecified atom stereocenters. The monoisotopic (exact) mass is 352 g/mol. The number of aliphatic hydroxyl groups excluding tert-OH is 1. The lowest BCUT2D eigenvalue weighted by Gasteiger charge is -2.27. The third-order valence-corrected chi connectivity index (χ3v) is 5.77. The Kier molecular flexibility index (Phi) is 5.67. The number of sulfone groups is 1. The first kappa shape index (κ1) is 17.8. The molecule has 0 saturated carbocycles. The highest BCUT2D eigenvalue weighted by atomic mass is 35.5. The highest BCUT2D eigenvalue weighted by Crippen LogP contribution is 2.35. The van der Waals surface area contributed by atoms with Gasteiger partial charge in [0.15, 0.2) is 15.1 Å². The molecule has 0 amide bonds. The second-order valence-electron chi connectivity index (χ2n) is 4.38. The van der Waals surface area contributed by atoms with Crippen LogP contribution in [0.3, 0.4) is 0 Å². The Hall–Kier alpha value is -1.24. The molecule has 8 heteroatoms. The van der Waals surface area contributed by atoms with Crippen molar-refractivity contribution in [1.82, 2.24) is 0 Å². The number of halogens is 2. The molecule has 3 atom stereocenters. The van der Waals surface area contributed by atoms with E-state index in [1.54, 1.807) is 0 Å². The number of carboxylic acids is 1. The minimum absolute atomic E-state index is 0.195. The van der Waals surface area contributed by atoms with Gasteiger partial charge in [0.05, 0.1) is 5.75 Å². The van der Waals surface area contributed by atoms with Gasteiger partial charge in [0.1, 0.15) is 16.0 Å². The topological polar surface area (TPSA) is 91.7 Å². The maximum absolute atomic E-state index is 11.8. The van der Waals surface area contributed by atoms with Gasteiger partial charge in [-0.15, -0.1) is 29.8 Å². The number of aliphatic hydroxyl groups is 1. The summed E-state index contributed by atoms with van der Waals surface area (Å²) in [6.07, 6.45) is 7.43. The summed E-state index contributed by atoms with van der Waals surface area (Å²) in [4.78, 5) is 9.72. The van der Waals surface area contributed by atoms with E-state index < -0.39 is 37.1 Å². The van der Waals surface area contributed by atoms with Crippen LogP contribution in [0.1, 0.15) is 0 Å². The zero-order chi connectivity index (χ0) is 16.3. The Morgan fingerprint density at radius 2 is 2.19 bits per heavy atom. The Morgan fingerprint density at radius 3 is 2.71 bits per heavy atom. The van der Waals surface area contributed by atoms with Gasteiger partial charge in [0, 0.05) is 0 Å². The Bertz CT molecular complexity index is 620. The molecule has 116 valence electrons. The van der Waals surface area contributed by atoms with Crippen molar-refractivity contribution in [2.45, 2.75) is 15.5 Å². The lowest BCUT2D eigenvalue weighted by atomic mass is 9.97. The second kappa shape index (κ2) is 6.68. The first-order valence-electron chi connectivity index (χ1n) is 5.80. The molecule has 0 saturated heterocycles. The fraction of sp³-hybridized carbons (Fsp3) is 0.308. The lowest BCUT2D eigenvalue weighted by molar-refractivity contribution is -0.135. The van der Waals surface area contributed by atoms with Crippen LogP contribution in [-0.2, 0) is 14.6 Å². The van der Waals surface area contributed by atoms with Crippen molar-refractivity contribution in [2.24, 2.45) is 0 Å². The molecule has 21 heavy (non-hydrogen) atoms. The first-order valence-corrected chi connectivity index (χ1v) is 8.33. The minimum atomic E-state index is -3.94. The van der Waals surface area contributed by atoms with E-state index in [4.69, 9.17) is 28.3 Å². The molecule has 0 fully saturated rings. The summed E-state index contributed by atoms with van der Waals surface area (Å²) in [6, 6.07) is 0. The van der Waals surface area contributed by atoms with E-state index in [9.17, 15) is 18.3 Å². The van der Waals surface area contributed by atoms with Gasteiger partial charge in [-0.05, 0) is 6.08 Å². The van der Waals surface area contributed by atoms with Gasteiger partial charge >= 0.3 is 5.97 Å². The molecular formula is C13H14Cl2O5S. The van der Waals surface area contributed by atoms with Gasteiger partial charge in [0.25, 0.3) is 0 Å². The van der Waals surface area contributed by atoms with E-state index in [0.717, 1.165) is 18.2 Å². The smallest absolute Gasteiger partial charge is 0.325 e. The lowest BCUT2D eigenvalue weighted by Crippen LogP contribution is -2.34. The molecule has 0 spiro atoms. The van der Waals surface area contributed by atoms with Crippen molar-refractivity contribution in [3.8, 4) is 0 Å². The van der Waals surface area contributed by atoms with Crippen molar-refractivity contribution in [3.63, 3.8) is 0 Å². The van der Waals surface area contributed by atoms with Gasteiger partial charge in [0.2, 0.25) is 0 Å². The quantitative estimate of drug-likeness (QED) is 0.564. The number of hydrogen-bond acceptors (Lipinski definition) is 4. The summed E-state index contributed by atoms with van der Waals surface area (Å²) >= 11 is 12.1. The minimum Gasteiger partial charge on any atom is -0.511 e. The molecule has 0 bridgehead atoms. The fourth-order valence-corrected chi connectivity index (χ4v) is 3.32. The van der Waals surface area contributed by atoms with Crippen LogP contribution in [0, 0.1) is 0 Å². The Morgan fingerprint density at radius 1 is 1.57 bits per heavy atom. The summed E-state index contributed by atoms with van der Waals surface area (Å²) < 4.78 is 23.7. The summed E-state index contributed by atoms with van der Waals surface area (Å²) in [6.45, 7) is 3.28. The maximum atomic E-state index is 11.8. The van der Waals surface area contributed by atoms with Crippen LogP contribution in [0.4, 0.5) is 0 Å². The van der Waals surface area contributed by atoms with Gasteiger partial charge in [-0.3, -0.25) is 4.79 Å². The van der Waals surface area contributed by atoms with Crippen molar-refractivity contribution in [3.05, 3.63) is 48.8 Å². The first-order chi connectivity index (χ1) is 9.64. The molecule has 0 radical (unpaired) electrons. The van der Waals surface area contributed by atoms with Crippen LogP contribution >= 0.6 is 23.2 Å². The summed E-state index contributed by atoms with van der Waals surface area (Å²) in [7, 11) is -3.94. The zero-order valence-corrected chi connectivity index (χ0v) is 13.1. The summed E-state index contributed by atoms with van der Waals surface area (Å²) in [5, 5.41) is 15.8. The number of hydrogen-bond donors (Lipinski definition) is 2. The van der Waals surface area contributed by atoms with Gasteiger partial charge < -0.3 is 10.2 Å². The molecule has 0 aromatic carbocycles. The number of allylic oxidation sites excluding steroid dienone is 5. The number of rotatable bonds is 6. The van der Waals surface area contributed by atoms with Crippen molar-refractivity contribution < 1.29 is 23.4 Å². The van der Waals surface area contributed by atoms with Crippen molar-refractivity contribution in [2.75, 3.05) is 5.75 Å². The predicted molar refractivity (Wildman–Crippen MR) is 82.6 cm³/mol. The van der Waals surface area contributed by atoms with Crippen LogP contribution in [0.25, 0.3) is 0 Å². The highest BCUT2D eigenvalue weighted by Gasteiger charge is 2.37. The Balaban J connectivity index is 3.11. The summed E-state index contributed by atoms with van der Waals surface area (Å²) in [5.74, 6) is -2.20. The molecular weight excluding hydrogens is 339 g/mol. The zero-order valence-electron chi connectivity index (χ0n) is 10.8. The van der Waals surface area contributed by atoms with E-state index >= 15 is 0 Å². The molecule has 0 heterocycles. The number of alkyl halides is 2. The van der Waals surface area contributed by atoms with Crippen LogP contribution in [-0.4, -0.2) is 45.9 Å². The van der Waals surface area contributed by atoms with Crippen LogP contribution in [0.2, 0.25) is 0 Å². The highest BCUT2D eigenvalue weighted by molar-refractivity contribution is 7.93. The van der Waals surface area contributed by atoms with E-state index in [-0.39, 0.29) is 5.76 Å². The number of carbonyl (C=O) groups is 1. The van der Waals surface area contributed by atoms with E-state index in [0.29, 0.717) is 0 Å². The third-order valence-electron chi connectivity index (χ3n) is 2.77. The molecule has 2 N–H and O–H groups in total. The fourth-order valence-electron chi connectivity index (χ4n) is 1.69. The van der Waals surface area contributed by atoms with E-state index in [1.165, 1.54) is 18.2 Å². The van der Waals surface area contributed by atoms with Crippen LogP contribution < -0.4 is 0 Å². The molecule has 5 nitrogen and oxygen atoms in total. The number of aliphatic carboxylic acids is 1. The molecule has 1 aliphatic carbocycles. The maximum Gasteiger partial charge on any atom is 0.325 e.